The zero-order chi connectivity index (χ0) is 31.7. The zero-order valence-corrected chi connectivity index (χ0v) is 27.4. The topological polar surface area (TPSA) is 46.4 Å². The first kappa shape index (κ1) is 28.4. The van der Waals surface area contributed by atoms with Gasteiger partial charge in [0, 0.05) is 47.0 Å². The number of nitrogens with zero attached hydrogens (tertiary/aromatic N) is 5. The van der Waals surface area contributed by atoms with E-state index < -0.39 is 0 Å². The van der Waals surface area contributed by atoms with Crippen LogP contribution in [0.25, 0.3) is 27.6 Å². The van der Waals surface area contributed by atoms with Gasteiger partial charge >= 0.3 is 0 Å². The molecule has 0 saturated heterocycles. The van der Waals surface area contributed by atoms with Gasteiger partial charge in [-0.15, -0.1) is 0 Å². The lowest BCUT2D eigenvalue weighted by atomic mass is 9.67. The normalized spacial score (nSPS) is 20.7. The Labute approximate surface area is 276 Å². The molecule has 0 spiro atoms. The first-order valence-corrected chi connectivity index (χ1v) is 17.2. The first-order chi connectivity index (χ1) is 22.9. The molecule has 236 valence electrons. The molecule has 4 heterocycles. The molecule has 0 radical (unpaired) electrons. The van der Waals surface area contributed by atoms with Crippen LogP contribution in [0.1, 0.15) is 58.4 Å². The monoisotopic (exact) mass is 619 g/mol. The highest BCUT2D eigenvalue weighted by Gasteiger charge is 2.42. The Balaban J connectivity index is 1.06. The molecule has 4 aliphatic rings. The fourth-order valence-corrected chi connectivity index (χ4v) is 8.48. The second kappa shape index (κ2) is 10.9. The molecule has 3 aromatic carbocycles. The van der Waals surface area contributed by atoms with E-state index in [-0.39, 0.29) is 5.41 Å². The maximum Gasteiger partial charge on any atom is 0.137 e. The fraction of sp³-hybridized carbons (Fsp3) is 0.317. The highest BCUT2D eigenvalue weighted by Crippen LogP contribution is 2.49. The van der Waals surface area contributed by atoms with Crippen LogP contribution < -0.4 is 14.5 Å². The molecule has 10 rings (SSSR count). The van der Waals surface area contributed by atoms with Gasteiger partial charge in [0.15, 0.2) is 0 Å². The summed E-state index contributed by atoms with van der Waals surface area (Å²) in [6, 6.07) is 30.6. The summed E-state index contributed by atoms with van der Waals surface area (Å²) in [6.07, 6.45) is 12.8. The highest BCUT2D eigenvalue weighted by molar-refractivity contribution is 6.09. The van der Waals surface area contributed by atoms with Crippen molar-refractivity contribution in [3.8, 4) is 17.3 Å². The molecule has 6 aromatic rings. The summed E-state index contributed by atoms with van der Waals surface area (Å²) in [5.74, 6) is 4.21. The van der Waals surface area contributed by atoms with Gasteiger partial charge in [0.1, 0.15) is 17.3 Å². The lowest BCUT2D eigenvalue weighted by Crippen LogP contribution is -2.48. The van der Waals surface area contributed by atoms with Crippen LogP contribution in [0.15, 0.2) is 104 Å². The molecule has 1 unspecified atom stereocenters. The molecule has 6 heteroatoms. The van der Waals surface area contributed by atoms with Crippen LogP contribution in [0.3, 0.4) is 0 Å². The number of pyridine rings is 2. The number of rotatable bonds is 5. The summed E-state index contributed by atoms with van der Waals surface area (Å²) in [5.41, 5.74) is 7.13. The van der Waals surface area contributed by atoms with Crippen molar-refractivity contribution in [3.63, 3.8) is 0 Å². The van der Waals surface area contributed by atoms with Gasteiger partial charge in [0.25, 0.3) is 0 Å². The molecule has 3 fully saturated rings. The van der Waals surface area contributed by atoms with Crippen LogP contribution in [-0.4, -0.2) is 27.2 Å². The van der Waals surface area contributed by atoms with E-state index in [0.29, 0.717) is 6.04 Å². The summed E-state index contributed by atoms with van der Waals surface area (Å²) >= 11 is 0. The Hall–Kier alpha value is -4.84. The molecule has 1 aliphatic heterocycles. The van der Waals surface area contributed by atoms with Crippen LogP contribution in [0.5, 0.6) is 11.5 Å². The maximum absolute atomic E-state index is 6.64. The molecule has 0 amide bonds. The zero-order valence-electron chi connectivity index (χ0n) is 27.4. The van der Waals surface area contributed by atoms with Gasteiger partial charge in [-0.3, -0.25) is 9.55 Å². The van der Waals surface area contributed by atoms with E-state index in [2.05, 4.69) is 131 Å². The van der Waals surface area contributed by atoms with E-state index in [9.17, 15) is 0 Å². The standard InChI is InChI=1S/C41H41N5O/c1-41(2,3)29-17-20-43-40(22-29)46-35-10-5-4-9-33(35)34-16-15-32(24-38(34)46)47-31-8-6-7-30(23-31)44-26-45(39-25-42-19-18-36(39)44)37-21-27-11-13-28(37)14-12-27/h4-10,15-20,22-25,27-28,37H,11-14,21,26H2,1-3H3. The molecule has 0 N–H and O–H groups in total. The Morgan fingerprint density at radius 3 is 2.40 bits per heavy atom. The van der Waals surface area contributed by atoms with Gasteiger partial charge in [-0.25, -0.2) is 4.98 Å². The van der Waals surface area contributed by atoms with Crippen LogP contribution in [0.4, 0.5) is 17.1 Å². The molecular formula is C41H41N5O. The van der Waals surface area contributed by atoms with E-state index >= 15 is 0 Å². The predicted octanol–water partition coefficient (Wildman–Crippen LogP) is 10.2. The van der Waals surface area contributed by atoms with Crippen LogP contribution in [-0.2, 0) is 5.41 Å². The van der Waals surface area contributed by atoms with E-state index in [1.807, 2.05) is 12.4 Å². The van der Waals surface area contributed by atoms with Crippen molar-refractivity contribution < 1.29 is 4.74 Å². The van der Waals surface area contributed by atoms with Gasteiger partial charge in [-0.05, 0) is 90.6 Å². The number of ether oxygens (including phenoxy) is 1. The van der Waals surface area contributed by atoms with Crippen molar-refractivity contribution in [1.82, 2.24) is 14.5 Å². The van der Waals surface area contributed by atoms with Crippen molar-refractivity contribution in [2.24, 2.45) is 11.8 Å². The Morgan fingerprint density at radius 2 is 1.57 bits per heavy atom. The third-order valence-electron chi connectivity index (χ3n) is 10.9. The third kappa shape index (κ3) is 4.84. The van der Waals surface area contributed by atoms with E-state index in [4.69, 9.17) is 9.72 Å². The van der Waals surface area contributed by atoms with Crippen molar-refractivity contribution >= 4 is 38.9 Å². The van der Waals surface area contributed by atoms with Gasteiger partial charge in [0.05, 0.1) is 35.3 Å². The molecule has 6 nitrogen and oxygen atoms in total. The minimum atomic E-state index is 0.0230. The molecular weight excluding hydrogens is 578 g/mol. The maximum atomic E-state index is 6.64. The number of benzene rings is 3. The molecule has 3 aromatic heterocycles. The average Bonchev–Trinajstić information content (AvgIpc) is 3.65. The van der Waals surface area contributed by atoms with Crippen molar-refractivity contribution in [2.45, 2.75) is 64.3 Å². The molecule has 3 saturated carbocycles. The average molecular weight is 620 g/mol. The molecule has 3 aliphatic carbocycles. The van der Waals surface area contributed by atoms with Crippen LogP contribution >= 0.6 is 0 Å². The lowest BCUT2D eigenvalue weighted by Gasteiger charge is -2.47. The van der Waals surface area contributed by atoms with Crippen molar-refractivity contribution in [1.29, 1.82) is 0 Å². The minimum absolute atomic E-state index is 0.0230. The number of hydrogen-bond acceptors (Lipinski definition) is 5. The Morgan fingerprint density at radius 1 is 0.745 bits per heavy atom. The number of aromatic nitrogens is 3. The summed E-state index contributed by atoms with van der Waals surface area (Å²) in [4.78, 5) is 14.5. The smallest absolute Gasteiger partial charge is 0.137 e. The fourth-order valence-electron chi connectivity index (χ4n) is 8.48. The highest BCUT2D eigenvalue weighted by atomic mass is 16.5. The van der Waals surface area contributed by atoms with Crippen LogP contribution in [0, 0.1) is 11.8 Å². The Bertz CT molecular complexity index is 2120. The van der Waals surface area contributed by atoms with Gasteiger partial charge in [0.2, 0.25) is 0 Å². The summed E-state index contributed by atoms with van der Waals surface area (Å²) in [7, 11) is 0. The van der Waals surface area contributed by atoms with Crippen molar-refractivity contribution in [3.05, 3.63) is 109 Å². The minimum Gasteiger partial charge on any atom is -0.457 e. The summed E-state index contributed by atoms with van der Waals surface area (Å²) < 4.78 is 8.91. The second-order valence-electron chi connectivity index (χ2n) is 14.8. The number of hydrogen-bond donors (Lipinski definition) is 0. The molecule has 2 bridgehead atoms. The van der Waals surface area contributed by atoms with Gasteiger partial charge in [-0.1, -0.05) is 57.9 Å². The predicted molar refractivity (Wildman–Crippen MR) is 191 cm³/mol. The largest absolute Gasteiger partial charge is 0.457 e. The third-order valence-corrected chi connectivity index (χ3v) is 10.9. The molecule has 1 atom stereocenters. The second-order valence-corrected chi connectivity index (χ2v) is 14.8. The van der Waals surface area contributed by atoms with E-state index in [0.717, 1.165) is 52.5 Å². The lowest BCUT2D eigenvalue weighted by molar-refractivity contribution is 0.142. The van der Waals surface area contributed by atoms with E-state index in [1.165, 1.54) is 59.8 Å². The number of anilines is 3. The van der Waals surface area contributed by atoms with Crippen molar-refractivity contribution in [2.75, 3.05) is 16.5 Å². The SMILES string of the molecule is CC(C)(C)c1ccnc(-n2c3ccccc3c3ccc(Oc4cccc(N5CN(C6CC7CCC6CC7)c6cnccc65)c4)cc32)c1. The summed E-state index contributed by atoms with van der Waals surface area (Å²) in [6.45, 7) is 7.58. The number of fused-ring (bicyclic) bond motifs is 7. The Kier molecular flexibility index (Phi) is 6.56. The summed E-state index contributed by atoms with van der Waals surface area (Å²) in [5, 5.41) is 2.39. The quantitative estimate of drug-likeness (QED) is 0.192. The number of para-hydroxylation sites is 1. The first-order valence-electron chi connectivity index (χ1n) is 17.2. The van der Waals surface area contributed by atoms with E-state index in [1.54, 1.807) is 0 Å². The van der Waals surface area contributed by atoms with Gasteiger partial charge in [-0.2, -0.15) is 0 Å². The van der Waals surface area contributed by atoms with Crippen LogP contribution in [0.2, 0.25) is 0 Å². The van der Waals surface area contributed by atoms with Gasteiger partial charge < -0.3 is 14.5 Å². The molecule has 47 heavy (non-hydrogen) atoms.